The summed E-state index contributed by atoms with van der Waals surface area (Å²) in [4.78, 5) is 32.7. The fraction of sp³-hybridized carbons (Fsp3) is 0.242. The van der Waals surface area contributed by atoms with Crippen molar-refractivity contribution in [3.8, 4) is 11.5 Å². The van der Waals surface area contributed by atoms with Gasteiger partial charge in [-0.1, -0.05) is 70.4 Å². The summed E-state index contributed by atoms with van der Waals surface area (Å²) in [6.45, 7) is 7.67. The summed E-state index contributed by atoms with van der Waals surface area (Å²) in [5, 5.41) is 1.49. The first-order chi connectivity index (χ1) is 21.5. The average molecular weight is 798 g/mol. The standard InChI is InChI=1S/C33H28Cl3IN2O5S/c1-5-42-32(41)28-18(4)38-33-39(29(28)23-8-6-7-9-26(23)44-17(2)3)31(40)27(45-33)13-20-12-22(35)15-25(37)30(20)43-16-19-10-11-21(34)14-24(19)36/h6-15,17,29H,5,16H2,1-4H3/b27-13-/t29-/m1/s1. The van der Waals surface area contributed by atoms with Gasteiger partial charge in [0.05, 0.1) is 32.1 Å². The van der Waals surface area contributed by atoms with Crippen molar-refractivity contribution in [3.63, 3.8) is 0 Å². The zero-order valence-electron chi connectivity index (χ0n) is 24.7. The second-order valence-electron chi connectivity index (χ2n) is 10.3. The smallest absolute Gasteiger partial charge is 0.338 e. The summed E-state index contributed by atoms with van der Waals surface area (Å²) < 4.78 is 20.5. The van der Waals surface area contributed by atoms with Crippen molar-refractivity contribution in [3.05, 3.63) is 121 Å². The van der Waals surface area contributed by atoms with Crippen LogP contribution in [0.25, 0.3) is 6.08 Å². The van der Waals surface area contributed by atoms with Crippen LogP contribution in [0.5, 0.6) is 11.5 Å². The van der Waals surface area contributed by atoms with Gasteiger partial charge in [0.2, 0.25) is 0 Å². The molecule has 0 amide bonds. The minimum atomic E-state index is -0.820. The first kappa shape index (κ1) is 33.5. The highest BCUT2D eigenvalue weighted by Gasteiger charge is 2.35. The van der Waals surface area contributed by atoms with Gasteiger partial charge in [0, 0.05) is 31.8 Å². The molecular formula is C33H28Cl3IN2O5S. The number of benzene rings is 3. The molecule has 0 radical (unpaired) electrons. The number of esters is 1. The second-order valence-corrected chi connectivity index (χ2v) is 13.8. The number of carbonyl (C=O) groups is 1. The van der Waals surface area contributed by atoms with Crippen LogP contribution < -0.4 is 24.4 Å². The van der Waals surface area contributed by atoms with Crippen LogP contribution in [0.1, 0.15) is 50.4 Å². The van der Waals surface area contributed by atoms with Crippen molar-refractivity contribution < 1.29 is 19.0 Å². The zero-order chi connectivity index (χ0) is 32.4. The molecule has 0 spiro atoms. The van der Waals surface area contributed by atoms with E-state index in [4.69, 9.17) is 49.0 Å². The minimum absolute atomic E-state index is 0.135. The molecule has 1 aliphatic rings. The number of allylic oxidation sites excluding steroid dienone is 1. The van der Waals surface area contributed by atoms with Crippen LogP contribution >= 0.6 is 68.7 Å². The molecule has 0 saturated heterocycles. The highest BCUT2D eigenvalue weighted by atomic mass is 127. The molecule has 0 N–H and O–H groups in total. The molecule has 45 heavy (non-hydrogen) atoms. The lowest BCUT2D eigenvalue weighted by Gasteiger charge is -2.26. The van der Waals surface area contributed by atoms with Crippen LogP contribution in [0, 0.1) is 3.57 Å². The van der Waals surface area contributed by atoms with E-state index >= 15 is 0 Å². The second kappa shape index (κ2) is 14.3. The molecule has 0 aliphatic carbocycles. The van der Waals surface area contributed by atoms with Crippen molar-refractivity contribution in [2.45, 2.75) is 46.4 Å². The van der Waals surface area contributed by atoms with Gasteiger partial charge in [-0.05, 0) is 86.7 Å². The van der Waals surface area contributed by atoms with E-state index in [9.17, 15) is 9.59 Å². The predicted molar refractivity (Wildman–Crippen MR) is 188 cm³/mol. The Morgan fingerprint density at radius 2 is 1.87 bits per heavy atom. The fourth-order valence-electron chi connectivity index (χ4n) is 4.92. The van der Waals surface area contributed by atoms with E-state index in [1.54, 1.807) is 50.3 Å². The van der Waals surface area contributed by atoms with Gasteiger partial charge in [-0.2, -0.15) is 0 Å². The quantitative estimate of drug-likeness (QED) is 0.128. The summed E-state index contributed by atoms with van der Waals surface area (Å²) >= 11 is 22.3. The third-order valence-corrected chi connectivity index (χ3v) is 9.39. The molecule has 1 atom stereocenters. The van der Waals surface area contributed by atoms with E-state index in [0.29, 0.717) is 52.7 Å². The van der Waals surface area contributed by atoms with Gasteiger partial charge < -0.3 is 14.2 Å². The number of fused-ring (bicyclic) bond motifs is 1. The first-order valence-electron chi connectivity index (χ1n) is 14.0. The lowest BCUT2D eigenvalue weighted by atomic mass is 9.95. The van der Waals surface area contributed by atoms with Crippen LogP contribution in [0.3, 0.4) is 0 Å². The SMILES string of the molecule is CCOC(=O)C1=C(C)N=c2s/c(=C\c3cc(Cl)cc(I)c3OCc3ccc(Cl)cc3Cl)c(=O)n2[C@@H]1c1ccccc1OC(C)C. The number of rotatable bonds is 9. The third-order valence-electron chi connectivity index (χ3n) is 6.80. The molecule has 7 nitrogen and oxygen atoms in total. The number of hydrogen-bond acceptors (Lipinski definition) is 7. The van der Waals surface area contributed by atoms with E-state index in [-0.39, 0.29) is 30.5 Å². The van der Waals surface area contributed by atoms with E-state index in [1.807, 2.05) is 38.1 Å². The summed E-state index contributed by atoms with van der Waals surface area (Å²) in [5.41, 5.74) is 2.41. The summed E-state index contributed by atoms with van der Waals surface area (Å²) in [6.07, 6.45) is 1.60. The Balaban J connectivity index is 1.67. The molecule has 2 heterocycles. The van der Waals surface area contributed by atoms with Crippen LogP contribution in [0.15, 0.2) is 75.7 Å². The number of halogens is 4. The van der Waals surface area contributed by atoms with Crippen LogP contribution in [-0.4, -0.2) is 23.2 Å². The monoisotopic (exact) mass is 796 g/mol. The number of nitrogens with zero attached hydrogens (tertiary/aromatic N) is 2. The maximum absolute atomic E-state index is 14.3. The fourth-order valence-corrected chi connectivity index (χ4v) is 7.64. The molecule has 0 saturated carbocycles. The van der Waals surface area contributed by atoms with Crippen molar-refractivity contribution in [1.29, 1.82) is 0 Å². The molecule has 12 heteroatoms. The Morgan fingerprint density at radius 1 is 1.11 bits per heavy atom. The maximum atomic E-state index is 14.3. The zero-order valence-corrected chi connectivity index (χ0v) is 29.9. The van der Waals surface area contributed by atoms with Gasteiger partial charge in [0.15, 0.2) is 4.80 Å². The maximum Gasteiger partial charge on any atom is 0.338 e. The number of para-hydroxylation sites is 1. The Hall–Kier alpha value is -2.83. The van der Waals surface area contributed by atoms with Crippen molar-refractivity contribution in [2.75, 3.05) is 6.61 Å². The minimum Gasteiger partial charge on any atom is -0.491 e. The molecule has 1 aliphatic heterocycles. The number of ether oxygens (including phenoxy) is 3. The van der Waals surface area contributed by atoms with Crippen LogP contribution in [-0.2, 0) is 16.1 Å². The number of carbonyl (C=O) groups excluding carboxylic acids is 1. The van der Waals surface area contributed by atoms with Gasteiger partial charge in [-0.15, -0.1) is 0 Å². The Kier molecular flexibility index (Phi) is 10.7. The molecule has 0 bridgehead atoms. The molecular weight excluding hydrogens is 770 g/mol. The van der Waals surface area contributed by atoms with E-state index in [1.165, 1.54) is 15.9 Å². The summed E-state index contributed by atoms with van der Waals surface area (Å²) in [5.74, 6) is 0.551. The summed E-state index contributed by atoms with van der Waals surface area (Å²) in [6, 6.07) is 15.3. The van der Waals surface area contributed by atoms with Gasteiger partial charge in [0.25, 0.3) is 5.56 Å². The number of thiazole rings is 1. The average Bonchev–Trinajstić information content (AvgIpc) is 3.26. The van der Waals surface area contributed by atoms with Crippen molar-refractivity contribution in [1.82, 2.24) is 4.57 Å². The Labute approximate surface area is 292 Å². The molecule has 3 aromatic carbocycles. The van der Waals surface area contributed by atoms with Gasteiger partial charge in [-0.25, -0.2) is 9.79 Å². The number of hydrogen-bond donors (Lipinski definition) is 0. The lowest BCUT2D eigenvalue weighted by molar-refractivity contribution is -0.139. The number of aromatic nitrogens is 1. The normalized spacial score (nSPS) is 14.8. The Bertz CT molecular complexity index is 2000. The van der Waals surface area contributed by atoms with E-state index in [0.717, 1.165) is 9.13 Å². The predicted octanol–water partition coefficient (Wildman–Crippen LogP) is 7.73. The van der Waals surface area contributed by atoms with Crippen LogP contribution in [0.4, 0.5) is 0 Å². The highest BCUT2D eigenvalue weighted by Crippen LogP contribution is 2.37. The largest absolute Gasteiger partial charge is 0.491 e. The third kappa shape index (κ3) is 7.28. The van der Waals surface area contributed by atoms with Gasteiger partial charge >= 0.3 is 5.97 Å². The van der Waals surface area contributed by atoms with Crippen molar-refractivity contribution >= 4 is 80.8 Å². The van der Waals surface area contributed by atoms with Gasteiger partial charge in [0.1, 0.15) is 24.1 Å². The van der Waals surface area contributed by atoms with Gasteiger partial charge in [-0.3, -0.25) is 9.36 Å². The lowest BCUT2D eigenvalue weighted by Crippen LogP contribution is -2.40. The molecule has 1 aromatic heterocycles. The highest BCUT2D eigenvalue weighted by molar-refractivity contribution is 14.1. The van der Waals surface area contributed by atoms with Crippen molar-refractivity contribution in [2.24, 2.45) is 4.99 Å². The molecule has 234 valence electrons. The van der Waals surface area contributed by atoms with Crippen LogP contribution in [0.2, 0.25) is 15.1 Å². The van der Waals surface area contributed by atoms with E-state index in [2.05, 4.69) is 27.6 Å². The molecule has 0 unspecified atom stereocenters. The molecule has 4 aromatic rings. The Morgan fingerprint density at radius 3 is 2.58 bits per heavy atom. The topological polar surface area (TPSA) is 79.1 Å². The molecule has 5 rings (SSSR count). The molecule has 0 fully saturated rings. The summed E-state index contributed by atoms with van der Waals surface area (Å²) in [7, 11) is 0. The van der Waals surface area contributed by atoms with E-state index < -0.39 is 12.0 Å². The first-order valence-corrected chi connectivity index (χ1v) is 17.0.